The fourth-order valence-corrected chi connectivity index (χ4v) is 4.52. The van der Waals surface area contributed by atoms with E-state index in [0.29, 0.717) is 24.3 Å². The predicted molar refractivity (Wildman–Crippen MR) is 135 cm³/mol. The summed E-state index contributed by atoms with van der Waals surface area (Å²) in [6, 6.07) is 14.9. The number of nitrogens with two attached hydrogens (primary N) is 2. The molecule has 1 amide bonds. The van der Waals surface area contributed by atoms with E-state index in [9.17, 15) is 13.6 Å². The second-order valence-corrected chi connectivity index (χ2v) is 9.18. The van der Waals surface area contributed by atoms with E-state index in [-0.39, 0.29) is 43.5 Å². The van der Waals surface area contributed by atoms with Crippen molar-refractivity contribution in [1.82, 2.24) is 9.88 Å². The van der Waals surface area contributed by atoms with E-state index in [1.165, 1.54) is 0 Å². The first-order valence-corrected chi connectivity index (χ1v) is 11.9. The molecule has 4 rings (SSSR count). The summed E-state index contributed by atoms with van der Waals surface area (Å²) in [7, 11) is 0. The number of amides is 1. The van der Waals surface area contributed by atoms with E-state index in [1.54, 1.807) is 18.2 Å². The van der Waals surface area contributed by atoms with Crippen LogP contribution < -0.4 is 22.1 Å². The number of hydrogen-bond acceptors (Lipinski definition) is 4. The van der Waals surface area contributed by atoms with Crippen LogP contribution in [0.15, 0.2) is 48.5 Å². The van der Waals surface area contributed by atoms with Crippen molar-refractivity contribution in [2.24, 2.45) is 11.5 Å². The maximum absolute atomic E-state index is 13.6. The summed E-state index contributed by atoms with van der Waals surface area (Å²) in [5, 5.41) is 15.0. The van der Waals surface area contributed by atoms with Crippen molar-refractivity contribution in [3.8, 4) is 0 Å². The van der Waals surface area contributed by atoms with Gasteiger partial charge >= 0.3 is 0 Å². The summed E-state index contributed by atoms with van der Waals surface area (Å²) in [6.07, 6.45) is 0.936. The van der Waals surface area contributed by atoms with Crippen LogP contribution in [0.4, 0.5) is 14.5 Å². The largest absolute Gasteiger partial charge is 0.385 e. The van der Waals surface area contributed by atoms with E-state index in [4.69, 9.17) is 16.9 Å². The first-order valence-electron chi connectivity index (χ1n) is 11.9. The third kappa shape index (κ3) is 5.97. The van der Waals surface area contributed by atoms with Crippen LogP contribution in [0, 0.1) is 5.41 Å². The molecule has 7 N–H and O–H groups in total. The summed E-state index contributed by atoms with van der Waals surface area (Å²) in [6.45, 7) is 1.79. The van der Waals surface area contributed by atoms with Crippen molar-refractivity contribution in [2.45, 2.75) is 50.6 Å². The molecule has 0 aliphatic heterocycles. The zero-order valence-electron chi connectivity index (χ0n) is 19.6. The molecule has 35 heavy (non-hydrogen) atoms. The minimum atomic E-state index is -2.65. The SMILES string of the molecule is N=C(N)c1ccc2cc(C(=O)NC3CCC(F)(F)CC3)n(Cc3cccc(NCCCN)c3)c2c1. The van der Waals surface area contributed by atoms with Gasteiger partial charge in [0, 0.05) is 54.1 Å². The van der Waals surface area contributed by atoms with Crippen molar-refractivity contribution < 1.29 is 13.6 Å². The van der Waals surface area contributed by atoms with Gasteiger partial charge in [-0.15, -0.1) is 0 Å². The van der Waals surface area contributed by atoms with Crippen molar-refractivity contribution in [2.75, 3.05) is 18.4 Å². The average Bonchev–Trinajstić information content (AvgIpc) is 3.18. The number of benzene rings is 2. The number of carbonyl (C=O) groups excluding carboxylic acids is 1. The topological polar surface area (TPSA) is 122 Å². The first-order chi connectivity index (χ1) is 16.8. The summed E-state index contributed by atoms with van der Waals surface area (Å²) in [5.41, 5.74) is 15.0. The highest BCUT2D eigenvalue weighted by Gasteiger charge is 2.35. The summed E-state index contributed by atoms with van der Waals surface area (Å²) < 4.78 is 29.0. The van der Waals surface area contributed by atoms with Gasteiger partial charge in [0.25, 0.3) is 5.91 Å². The van der Waals surface area contributed by atoms with E-state index < -0.39 is 5.92 Å². The fourth-order valence-electron chi connectivity index (χ4n) is 4.52. The molecule has 0 unspecified atom stereocenters. The molecule has 0 saturated heterocycles. The molecule has 7 nitrogen and oxygen atoms in total. The van der Waals surface area contributed by atoms with Gasteiger partial charge in [0.05, 0.1) is 0 Å². The third-order valence-corrected chi connectivity index (χ3v) is 6.48. The standard InChI is InChI=1S/C26H32F2N6O/c27-26(28)9-7-20(8-10-26)33-25(35)23-14-18-5-6-19(24(30)31)15-22(18)34(23)16-17-3-1-4-21(13-17)32-12-2-11-29/h1,3-6,13-15,20,32H,2,7-12,16,29H2,(H3,30,31)(H,33,35). The average molecular weight is 483 g/mol. The van der Waals surface area contributed by atoms with E-state index in [2.05, 4.69) is 10.6 Å². The van der Waals surface area contributed by atoms with Crippen LogP contribution in [0.3, 0.4) is 0 Å². The monoisotopic (exact) mass is 482 g/mol. The number of halogens is 2. The second kappa shape index (κ2) is 10.4. The van der Waals surface area contributed by atoms with Gasteiger partial charge in [0.2, 0.25) is 5.92 Å². The van der Waals surface area contributed by atoms with Gasteiger partial charge in [-0.2, -0.15) is 0 Å². The quantitative estimate of drug-likeness (QED) is 0.179. The Labute approximate surface area is 203 Å². The van der Waals surface area contributed by atoms with Crippen molar-refractivity contribution in [3.63, 3.8) is 0 Å². The molecule has 1 heterocycles. The number of rotatable bonds is 9. The van der Waals surface area contributed by atoms with Gasteiger partial charge in [0.1, 0.15) is 11.5 Å². The van der Waals surface area contributed by atoms with Gasteiger partial charge in [-0.25, -0.2) is 8.78 Å². The van der Waals surface area contributed by atoms with E-state index in [0.717, 1.165) is 35.1 Å². The number of anilines is 1. The number of nitrogens with zero attached hydrogens (tertiary/aromatic N) is 1. The highest BCUT2D eigenvalue weighted by Crippen LogP contribution is 2.33. The van der Waals surface area contributed by atoms with Gasteiger partial charge in [0.15, 0.2) is 0 Å². The predicted octanol–water partition coefficient (Wildman–Crippen LogP) is 4.04. The van der Waals surface area contributed by atoms with Crippen LogP contribution in [0.2, 0.25) is 0 Å². The molecule has 0 bridgehead atoms. The Kier molecular flexibility index (Phi) is 7.35. The molecule has 0 spiro atoms. The Hall–Kier alpha value is -3.46. The molecular formula is C26H32F2N6O. The van der Waals surface area contributed by atoms with Crippen molar-refractivity contribution >= 4 is 28.3 Å². The Morgan fingerprint density at radius 1 is 1.14 bits per heavy atom. The number of hydrogen-bond donors (Lipinski definition) is 5. The van der Waals surface area contributed by atoms with E-state index >= 15 is 0 Å². The normalized spacial score (nSPS) is 15.7. The Balaban J connectivity index is 1.64. The molecule has 1 aliphatic carbocycles. The first kappa shape index (κ1) is 24.7. The minimum Gasteiger partial charge on any atom is -0.385 e. The van der Waals surface area contributed by atoms with Gasteiger partial charge < -0.3 is 26.7 Å². The Morgan fingerprint density at radius 2 is 1.91 bits per heavy atom. The molecule has 3 aromatic rings. The van der Waals surface area contributed by atoms with Crippen molar-refractivity contribution in [1.29, 1.82) is 5.41 Å². The third-order valence-electron chi connectivity index (χ3n) is 6.48. The molecule has 186 valence electrons. The van der Waals surface area contributed by atoms with Crippen LogP contribution in [0.5, 0.6) is 0 Å². The van der Waals surface area contributed by atoms with Crippen LogP contribution >= 0.6 is 0 Å². The summed E-state index contributed by atoms with van der Waals surface area (Å²) in [5.74, 6) is -3.00. The number of alkyl halides is 2. The lowest BCUT2D eigenvalue weighted by molar-refractivity contribution is -0.0399. The molecule has 9 heteroatoms. The van der Waals surface area contributed by atoms with Crippen LogP contribution in [0.1, 0.15) is 53.7 Å². The molecule has 1 saturated carbocycles. The lowest BCUT2D eigenvalue weighted by Crippen LogP contribution is -2.40. The number of aromatic nitrogens is 1. The smallest absolute Gasteiger partial charge is 0.268 e. The number of amidine groups is 1. The lowest BCUT2D eigenvalue weighted by atomic mass is 9.92. The highest BCUT2D eigenvalue weighted by atomic mass is 19.3. The lowest BCUT2D eigenvalue weighted by Gasteiger charge is -2.28. The molecule has 1 aromatic heterocycles. The Bertz CT molecular complexity index is 1210. The van der Waals surface area contributed by atoms with Crippen molar-refractivity contribution in [3.05, 3.63) is 65.4 Å². The zero-order chi connectivity index (χ0) is 25.0. The molecule has 1 fully saturated rings. The van der Waals surface area contributed by atoms with Gasteiger partial charge in [-0.3, -0.25) is 10.2 Å². The maximum Gasteiger partial charge on any atom is 0.268 e. The highest BCUT2D eigenvalue weighted by molar-refractivity contribution is 6.02. The maximum atomic E-state index is 13.6. The number of carbonyl (C=O) groups is 1. The fraction of sp³-hybridized carbons (Fsp3) is 0.385. The summed E-state index contributed by atoms with van der Waals surface area (Å²) >= 11 is 0. The number of nitrogen functional groups attached to an aromatic ring is 1. The number of nitrogens with one attached hydrogen (secondary N) is 3. The Morgan fingerprint density at radius 3 is 2.63 bits per heavy atom. The number of fused-ring (bicyclic) bond motifs is 1. The van der Waals surface area contributed by atoms with Gasteiger partial charge in [-0.05, 0) is 55.6 Å². The molecule has 0 atom stereocenters. The minimum absolute atomic E-state index is 0.0557. The van der Waals surface area contributed by atoms with Crippen LogP contribution in [-0.2, 0) is 6.54 Å². The molecule has 2 aromatic carbocycles. The van der Waals surface area contributed by atoms with Crippen LogP contribution in [-0.4, -0.2) is 41.4 Å². The van der Waals surface area contributed by atoms with Crippen LogP contribution in [0.25, 0.3) is 10.9 Å². The van der Waals surface area contributed by atoms with E-state index in [1.807, 2.05) is 34.9 Å². The molecule has 0 radical (unpaired) electrons. The van der Waals surface area contributed by atoms with Gasteiger partial charge in [-0.1, -0.05) is 24.3 Å². The summed E-state index contributed by atoms with van der Waals surface area (Å²) in [4.78, 5) is 13.3. The molecule has 1 aliphatic rings. The molecular weight excluding hydrogens is 450 g/mol. The second-order valence-electron chi connectivity index (χ2n) is 9.18. The zero-order valence-corrected chi connectivity index (χ0v) is 19.6.